The molecule has 1 aromatic heterocycles. The van der Waals surface area contributed by atoms with Crippen LogP contribution >= 0.6 is 0 Å². The molecule has 3 nitrogen and oxygen atoms in total. The summed E-state index contributed by atoms with van der Waals surface area (Å²) >= 11 is 0. The number of hydrogen-bond donors (Lipinski definition) is 1. The topological polar surface area (TPSA) is 29.9 Å². The van der Waals surface area contributed by atoms with Gasteiger partial charge in [0.25, 0.3) is 0 Å². The maximum atomic E-state index is 4.19. The summed E-state index contributed by atoms with van der Waals surface area (Å²) in [6.07, 6.45) is 3.96. The Morgan fingerprint density at radius 2 is 1.94 bits per heavy atom. The fraction of sp³-hybridized carbons (Fsp3) is 0.400. The third kappa shape index (κ3) is 3.20. The highest BCUT2D eigenvalue weighted by Gasteiger charge is 2.14. The second-order valence-electron chi connectivity index (χ2n) is 5.04. The molecule has 3 heteroatoms. The van der Waals surface area contributed by atoms with Crippen LogP contribution in [0.3, 0.4) is 0 Å². The standard InChI is InChI=1S/C15H21N3/c1-12(2)15(14-7-5-4-6-8-14)16-9-13-10-17-18(3)11-13/h4-8,10-12,15-16H,9H2,1-3H3. The summed E-state index contributed by atoms with van der Waals surface area (Å²) in [5, 5.41) is 7.80. The predicted molar refractivity (Wildman–Crippen MR) is 74.1 cm³/mol. The zero-order chi connectivity index (χ0) is 13.0. The summed E-state index contributed by atoms with van der Waals surface area (Å²) in [5.41, 5.74) is 2.57. The normalized spacial score (nSPS) is 12.9. The molecule has 0 saturated carbocycles. The van der Waals surface area contributed by atoms with Gasteiger partial charge in [0.2, 0.25) is 0 Å². The van der Waals surface area contributed by atoms with E-state index in [4.69, 9.17) is 0 Å². The van der Waals surface area contributed by atoms with E-state index >= 15 is 0 Å². The number of nitrogens with one attached hydrogen (secondary N) is 1. The number of nitrogens with zero attached hydrogens (tertiary/aromatic N) is 2. The molecule has 0 aliphatic heterocycles. The molecule has 0 bridgehead atoms. The minimum Gasteiger partial charge on any atom is -0.306 e. The monoisotopic (exact) mass is 243 g/mol. The molecule has 96 valence electrons. The Hall–Kier alpha value is -1.61. The lowest BCUT2D eigenvalue weighted by Gasteiger charge is -2.22. The van der Waals surface area contributed by atoms with E-state index in [1.807, 2.05) is 17.9 Å². The van der Waals surface area contributed by atoms with Gasteiger partial charge in [0.15, 0.2) is 0 Å². The van der Waals surface area contributed by atoms with Crippen LogP contribution in [0.2, 0.25) is 0 Å². The third-order valence-corrected chi connectivity index (χ3v) is 3.11. The number of aryl methyl sites for hydroxylation is 1. The highest BCUT2D eigenvalue weighted by molar-refractivity contribution is 5.19. The van der Waals surface area contributed by atoms with Crippen LogP contribution in [0.4, 0.5) is 0 Å². The molecule has 1 N–H and O–H groups in total. The van der Waals surface area contributed by atoms with Gasteiger partial charge in [-0.3, -0.25) is 4.68 Å². The van der Waals surface area contributed by atoms with Crippen LogP contribution in [-0.2, 0) is 13.6 Å². The summed E-state index contributed by atoms with van der Waals surface area (Å²) in [6, 6.07) is 11.0. The van der Waals surface area contributed by atoms with E-state index < -0.39 is 0 Å². The van der Waals surface area contributed by atoms with Crippen LogP contribution in [0.1, 0.15) is 31.0 Å². The van der Waals surface area contributed by atoms with E-state index in [9.17, 15) is 0 Å². The summed E-state index contributed by atoms with van der Waals surface area (Å²) in [5.74, 6) is 0.559. The lowest BCUT2D eigenvalue weighted by atomic mass is 9.96. The lowest BCUT2D eigenvalue weighted by molar-refractivity contribution is 0.410. The molecule has 0 radical (unpaired) electrons. The van der Waals surface area contributed by atoms with Crippen molar-refractivity contribution in [2.45, 2.75) is 26.4 Å². The smallest absolute Gasteiger partial charge is 0.0534 e. The van der Waals surface area contributed by atoms with Crippen LogP contribution in [0.5, 0.6) is 0 Å². The van der Waals surface area contributed by atoms with Crippen LogP contribution < -0.4 is 5.32 Å². The number of aromatic nitrogens is 2. The van der Waals surface area contributed by atoms with Gasteiger partial charge < -0.3 is 5.32 Å². The van der Waals surface area contributed by atoms with Crippen LogP contribution in [0.15, 0.2) is 42.7 Å². The van der Waals surface area contributed by atoms with Gasteiger partial charge in [-0.2, -0.15) is 5.10 Å². The maximum Gasteiger partial charge on any atom is 0.0534 e. The Morgan fingerprint density at radius 1 is 1.22 bits per heavy atom. The van der Waals surface area contributed by atoms with E-state index in [0.717, 1.165) is 6.54 Å². The zero-order valence-electron chi connectivity index (χ0n) is 11.3. The Bertz CT molecular complexity index is 473. The van der Waals surface area contributed by atoms with Gasteiger partial charge in [-0.05, 0) is 11.5 Å². The van der Waals surface area contributed by atoms with Gasteiger partial charge in [0.05, 0.1) is 6.20 Å². The van der Waals surface area contributed by atoms with Crippen molar-refractivity contribution in [1.82, 2.24) is 15.1 Å². The highest BCUT2D eigenvalue weighted by atomic mass is 15.2. The summed E-state index contributed by atoms with van der Waals surface area (Å²) in [6.45, 7) is 5.34. The van der Waals surface area contributed by atoms with Gasteiger partial charge in [-0.15, -0.1) is 0 Å². The molecule has 0 amide bonds. The second-order valence-corrected chi connectivity index (χ2v) is 5.04. The molecule has 2 rings (SSSR count). The average Bonchev–Trinajstić information content (AvgIpc) is 2.76. The molecule has 0 saturated heterocycles. The molecular formula is C15H21N3. The van der Waals surface area contributed by atoms with Crippen molar-refractivity contribution >= 4 is 0 Å². The first-order chi connectivity index (χ1) is 8.66. The van der Waals surface area contributed by atoms with Crippen molar-refractivity contribution < 1.29 is 0 Å². The molecule has 0 fully saturated rings. The zero-order valence-corrected chi connectivity index (χ0v) is 11.3. The Balaban J connectivity index is 2.03. The summed E-state index contributed by atoms with van der Waals surface area (Å²) in [4.78, 5) is 0. The largest absolute Gasteiger partial charge is 0.306 e. The van der Waals surface area contributed by atoms with E-state index in [1.165, 1.54) is 11.1 Å². The van der Waals surface area contributed by atoms with Gasteiger partial charge in [-0.1, -0.05) is 44.2 Å². The van der Waals surface area contributed by atoms with Crippen molar-refractivity contribution in [3.8, 4) is 0 Å². The van der Waals surface area contributed by atoms with Crippen molar-refractivity contribution in [3.63, 3.8) is 0 Å². The SMILES string of the molecule is CC(C)C(NCc1cnn(C)c1)c1ccccc1. The lowest BCUT2D eigenvalue weighted by Crippen LogP contribution is -2.25. The van der Waals surface area contributed by atoms with Crippen molar-refractivity contribution in [3.05, 3.63) is 53.9 Å². The van der Waals surface area contributed by atoms with E-state index in [2.05, 4.69) is 60.8 Å². The first-order valence-electron chi connectivity index (χ1n) is 6.42. The average molecular weight is 243 g/mol. The minimum absolute atomic E-state index is 0.381. The van der Waals surface area contributed by atoms with Gasteiger partial charge in [-0.25, -0.2) is 0 Å². The van der Waals surface area contributed by atoms with Gasteiger partial charge >= 0.3 is 0 Å². The molecule has 1 heterocycles. The van der Waals surface area contributed by atoms with Gasteiger partial charge in [0, 0.05) is 31.4 Å². The predicted octanol–water partition coefficient (Wildman–Crippen LogP) is 2.91. The molecule has 2 aromatic rings. The van der Waals surface area contributed by atoms with Gasteiger partial charge in [0.1, 0.15) is 0 Å². The molecule has 0 aliphatic carbocycles. The van der Waals surface area contributed by atoms with E-state index in [0.29, 0.717) is 12.0 Å². The highest BCUT2D eigenvalue weighted by Crippen LogP contribution is 2.21. The van der Waals surface area contributed by atoms with Crippen molar-refractivity contribution in [2.75, 3.05) is 0 Å². The first kappa shape index (κ1) is 12.8. The van der Waals surface area contributed by atoms with Crippen LogP contribution in [0.25, 0.3) is 0 Å². The van der Waals surface area contributed by atoms with Crippen molar-refractivity contribution in [2.24, 2.45) is 13.0 Å². The maximum absolute atomic E-state index is 4.19. The molecule has 0 spiro atoms. The fourth-order valence-electron chi connectivity index (χ4n) is 2.19. The molecule has 1 unspecified atom stereocenters. The second kappa shape index (κ2) is 5.83. The molecular weight excluding hydrogens is 222 g/mol. The molecule has 1 atom stereocenters. The summed E-state index contributed by atoms with van der Waals surface area (Å²) < 4.78 is 1.84. The number of rotatable bonds is 5. The Kier molecular flexibility index (Phi) is 4.15. The molecule has 0 aliphatic rings. The fourth-order valence-corrected chi connectivity index (χ4v) is 2.19. The summed E-state index contributed by atoms with van der Waals surface area (Å²) in [7, 11) is 1.95. The Morgan fingerprint density at radius 3 is 2.50 bits per heavy atom. The Labute approximate surface area is 109 Å². The van der Waals surface area contributed by atoms with Crippen LogP contribution in [-0.4, -0.2) is 9.78 Å². The first-order valence-corrected chi connectivity index (χ1v) is 6.42. The third-order valence-electron chi connectivity index (χ3n) is 3.11. The minimum atomic E-state index is 0.381. The molecule has 1 aromatic carbocycles. The number of hydrogen-bond acceptors (Lipinski definition) is 2. The quantitative estimate of drug-likeness (QED) is 0.875. The van der Waals surface area contributed by atoms with Crippen molar-refractivity contribution in [1.29, 1.82) is 0 Å². The van der Waals surface area contributed by atoms with E-state index in [1.54, 1.807) is 0 Å². The molecule has 18 heavy (non-hydrogen) atoms. The van der Waals surface area contributed by atoms with E-state index in [-0.39, 0.29) is 0 Å². The van der Waals surface area contributed by atoms with Crippen LogP contribution in [0, 0.1) is 5.92 Å². The number of benzene rings is 1.